The van der Waals surface area contributed by atoms with Crippen LogP contribution < -0.4 is 5.32 Å². The summed E-state index contributed by atoms with van der Waals surface area (Å²) in [7, 11) is 2.33. The van der Waals surface area contributed by atoms with Gasteiger partial charge in [-0.05, 0) is 51.3 Å². The first-order chi connectivity index (χ1) is 9.26. The minimum absolute atomic E-state index is 0.719. The van der Waals surface area contributed by atoms with Gasteiger partial charge >= 0.3 is 0 Å². The van der Waals surface area contributed by atoms with Crippen molar-refractivity contribution in [3.05, 3.63) is 24.0 Å². The molecule has 1 aromatic rings. The van der Waals surface area contributed by atoms with Gasteiger partial charge in [-0.15, -0.1) is 0 Å². The van der Waals surface area contributed by atoms with Gasteiger partial charge in [-0.3, -0.25) is 0 Å². The molecule has 19 heavy (non-hydrogen) atoms. The molecule has 3 rings (SSSR count). The van der Waals surface area contributed by atoms with Gasteiger partial charge in [0.25, 0.3) is 0 Å². The quantitative estimate of drug-likeness (QED) is 0.899. The molecule has 0 amide bonds. The molecule has 2 aliphatic heterocycles. The van der Waals surface area contributed by atoms with Gasteiger partial charge in [-0.25, -0.2) is 0 Å². The van der Waals surface area contributed by atoms with Gasteiger partial charge in [0.1, 0.15) is 0 Å². The molecule has 2 unspecified atom stereocenters. The monoisotopic (exact) mass is 261 g/mol. The number of rotatable bonds is 4. The van der Waals surface area contributed by atoms with Crippen molar-refractivity contribution in [2.75, 3.05) is 7.05 Å². The van der Waals surface area contributed by atoms with Crippen LogP contribution >= 0.6 is 0 Å². The van der Waals surface area contributed by atoms with Crippen molar-refractivity contribution in [2.24, 2.45) is 0 Å². The average molecular weight is 261 g/mol. The minimum Gasteiger partial charge on any atom is -0.354 e. The van der Waals surface area contributed by atoms with Crippen molar-refractivity contribution < 1.29 is 0 Å². The number of hydrogen-bond acceptors (Lipinski definition) is 2. The van der Waals surface area contributed by atoms with Crippen molar-refractivity contribution >= 4 is 0 Å². The lowest BCUT2D eigenvalue weighted by atomic mass is 9.82. The first-order valence-corrected chi connectivity index (χ1v) is 7.86. The Kier molecular flexibility index (Phi) is 3.94. The largest absolute Gasteiger partial charge is 0.354 e. The van der Waals surface area contributed by atoms with E-state index in [9.17, 15) is 0 Å². The molecule has 0 saturated carbocycles. The molecule has 0 radical (unpaired) electrons. The Bertz CT molecular complexity index is 398. The maximum absolute atomic E-state index is 3.78. The van der Waals surface area contributed by atoms with Gasteiger partial charge in [-0.1, -0.05) is 6.42 Å². The van der Waals surface area contributed by atoms with Crippen LogP contribution in [0.15, 0.2) is 18.5 Å². The number of nitrogens with zero attached hydrogens (tertiary/aromatic N) is 2. The third kappa shape index (κ3) is 2.87. The molecule has 0 aromatic carbocycles. The lowest BCUT2D eigenvalue weighted by Gasteiger charge is -2.47. The number of aryl methyl sites for hydroxylation is 1. The molecular weight excluding hydrogens is 234 g/mol. The third-order valence-electron chi connectivity index (χ3n) is 5.11. The highest BCUT2D eigenvalue weighted by atomic mass is 15.2. The Labute approximate surface area is 117 Å². The molecule has 2 fully saturated rings. The van der Waals surface area contributed by atoms with E-state index in [1.807, 2.05) is 0 Å². The predicted octanol–water partition coefficient (Wildman–Crippen LogP) is 2.61. The second kappa shape index (κ2) is 5.68. The van der Waals surface area contributed by atoms with Crippen molar-refractivity contribution in [3.63, 3.8) is 0 Å². The Morgan fingerprint density at radius 3 is 2.63 bits per heavy atom. The average Bonchev–Trinajstić information content (AvgIpc) is 2.85. The second-order valence-corrected chi connectivity index (χ2v) is 6.30. The zero-order valence-electron chi connectivity index (χ0n) is 12.3. The summed E-state index contributed by atoms with van der Waals surface area (Å²) >= 11 is 0. The van der Waals surface area contributed by atoms with Gasteiger partial charge in [0.05, 0.1) is 0 Å². The third-order valence-corrected chi connectivity index (χ3v) is 5.11. The second-order valence-electron chi connectivity index (χ2n) is 6.30. The van der Waals surface area contributed by atoms with E-state index in [0.717, 1.165) is 31.2 Å². The zero-order chi connectivity index (χ0) is 13.2. The fourth-order valence-corrected chi connectivity index (χ4v) is 3.84. The fourth-order valence-electron chi connectivity index (χ4n) is 3.84. The summed E-state index contributed by atoms with van der Waals surface area (Å²) < 4.78 is 2.25. The lowest BCUT2D eigenvalue weighted by Crippen LogP contribution is -2.54. The van der Waals surface area contributed by atoms with Crippen LogP contribution in [0.3, 0.4) is 0 Å². The normalized spacial score (nSPS) is 31.6. The van der Waals surface area contributed by atoms with E-state index in [4.69, 9.17) is 0 Å². The van der Waals surface area contributed by atoms with Crippen LogP contribution in [0.2, 0.25) is 0 Å². The number of piperidine rings is 2. The summed E-state index contributed by atoms with van der Waals surface area (Å²) in [5.74, 6) is 0. The fraction of sp³-hybridized carbons (Fsp3) is 0.750. The highest BCUT2D eigenvalue weighted by Gasteiger charge is 2.35. The molecule has 0 aliphatic carbocycles. The van der Waals surface area contributed by atoms with Gasteiger partial charge in [0, 0.05) is 43.6 Å². The Morgan fingerprint density at radius 2 is 2.00 bits per heavy atom. The van der Waals surface area contributed by atoms with Crippen LogP contribution in [0.25, 0.3) is 0 Å². The predicted molar refractivity (Wildman–Crippen MR) is 79.2 cm³/mol. The highest BCUT2D eigenvalue weighted by Crippen LogP contribution is 2.32. The molecule has 0 spiro atoms. The van der Waals surface area contributed by atoms with Crippen molar-refractivity contribution in [3.8, 4) is 0 Å². The Hall–Kier alpha value is -0.800. The molecule has 1 N–H and O–H groups in total. The SMILES string of the molecule is CCn1ccc(CNC2CC3CCCC(C2)N3C)c1. The molecule has 3 heterocycles. The topological polar surface area (TPSA) is 20.2 Å². The van der Waals surface area contributed by atoms with E-state index in [1.165, 1.54) is 37.7 Å². The van der Waals surface area contributed by atoms with Crippen LogP contribution in [0.5, 0.6) is 0 Å². The summed E-state index contributed by atoms with van der Waals surface area (Å²) in [5, 5.41) is 3.78. The first kappa shape index (κ1) is 13.2. The van der Waals surface area contributed by atoms with Crippen LogP contribution in [-0.4, -0.2) is 34.6 Å². The molecule has 106 valence electrons. The maximum Gasteiger partial charge on any atom is 0.0223 e. The molecule has 2 atom stereocenters. The summed E-state index contributed by atoms with van der Waals surface area (Å²) in [5.41, 5.74) is 1.42. The van der Waals surface area contributed by atoms with E-state index in [1.54, 1.807) is 0 Å². The summed E-state index contributed by atoms with van der Waals surface area (Å²) in [4.78, 5) is 2.63. The van der Waals surface area contributed by atoms with Crippen molar-refractivity contribution in [1.29, 1.82) is 0 Å². The van der Waals surface area contributed by atoms with Gasteiger partial charge in [0.2, 0.25) is 0 Å². The summed E-state index contributed by atoms with van der Waals surface area (Å²) in [6.07, 6.45) is 11.4. The van der Waals surface area contributed by atoms with E-state index in [-0.39, 0.29) is 0 Å². The van der Waals surface area contributed by atoms with Crippen LogP contribution in [0, 0.1) is 0 Å². The Morgan fingerprint density at radius 1 is 1.26 bits per heavy atom. The van der Waals surface area contributed by atoms with Crippen molar-refractivity contribution in [2.45, 2.75) is 70.2 Å². The first-order valence-electron chi connectivity index (χ1n) is 7.86. The smallest absolute Gasteiger partial charge is 0.0223 e. The molecule has 2 aliphatic rings. The van der Waals surface area contributed by atoms with Crippen molar-refractivity contribution in [1.82, 2.24) is 14.8 Å². The van der Waals surface area contributed by atoms with E-state index in [0.29, 0.717) is 0 Å². The van der Waals surface area contributed by atoms with Gasteiger partial charge < -0.3 is 14.8 Å². The van der Waals surface area contributed by atoms with Crippen LogP contribution in [0.1, 0.15) is 44.6 Å². The maximum atomic E-state index is 3.78. The molecule has 1 aromatic heterocycles. The van der Waals surface area contributed by atoms with E-state index >= 15 is 0 Å². The number of hydrogen-bond donors (Lipinski definition) is 1. The minimum atomic E-state index is 0.719. The van der Waals surface area contributed by atoms with Crippen LogP contribution in [0.4, 0.5) is 0 Å². The Balaban J connectivity index is 1.53. The van der Waals surface area contributed by atoms with E-state index in [2.05, 4.69) is 47.2 Å². The number of fused-ring (bicyclic) bond motifs is 2. The molecule has 2 bridgehead atoms. The lowest BCUT2D eigenvalue weighted by molar-refractivity contribution is 0.0482. The number of nitrogens with one attached hydrogen (secondary N) is 1. The zero-order valence-corrected chi connectivity index (χ0v) is 12.3. The summed E-state index contributed by atoms with van der Waals surface area (Å²) in [6, 6.07) is 4.61. The van der Waals surface area contributed by atoms with E-state index < -0.39 is 0 Å². The highest BCUT2D eigenvalue weighted by molar-refractivity contribution is 5.10. The molecular formula is C16H27N3. The van der Waals surface area contributed by atoms with Gasteiger partial charge in [-0.2, -0.15) is 0 Å². The van der Waals surface area contributed by atoms with Crippen LogP contribution in [-0.2, 0) is 13.1 Å². The van der Waals surface area contributed by atoms with Gasteiger partial charge in [0.15, 0.2) is 0 Å². The molecule has 3 heteroatoms. The molecule has 3 nitrogen and oxygen atoms in total. The molecule has 2 saturated heterocycles. The standard InChI is InChI=1S/C16H27N3/c1-3-19-8-7-13(12-19)11-17-14-9-15-5-4-6-16(10-14)18(15)2/h7-8,12,14-17H,3-6,9-11H2,1-2H3. The number of aromatic nitrogens is 1. The summed E-state index contributed by atoms with van der Waals surface area (Å²) in [6.45, 7) is 4.29.